The van der Waals surface area contributed by atoms with Crippen molar-refractivity contribution in [3.8, 4) is 17.7 Å². The van der Waals surface area contributed by atoms with Crippen LogP contribution in [0.5, 0.6) is 11.6 Å². The molecule has 0 amide bonds. The molecule has 1 heterocycles. The van der Waals surface area contributed by atoms with Crippen LogP contribution in [0.3, 0.4) is 0 Å². The smallest absolute Gasteiger partial charge is 0.239 e. The highest BCUT2D eigenvalue weighted by atomic mass is 16.5. The summed E-state index contributed by atoms with van der Waals surface area (Å²) in [4.78, 5) is 7.92. The molecule has 90 valence electrons. The predicted octanol–water partition coefficient (Wildman–Crippen LogP) is 3.29. The molecule has 4 heteroatoms. The summed E-state index contributed by atoms with van der Waals surface area (Å²) in [5, 5.41) is 11.0. The number of hydrogen-bond donors (Lipinski definition) is 0. The SMILES string of the molecule is N#Cc1cncc(Oc2ccc3ccccc3c2)n1. The maximum atomic E-state index is 8.76. The number of nitrogens with zero attached hydrogens (tertiary/aromatic N) is 3. The average Bonchev–Trinajstić information content (AvgIpc) is 2.47. The van der Waals surface area contributed by atoms with E-state index in [9.17, 15) is 0 Å². The number of fused-ring (bicyclic) bond motifs is 1. The van der Waals surface area contributed by atoms with Crippen molar-refractivity contribution in [2.24, 2.45) is 0 Å². The van der Waals surface area contributed by atoms with Gasteiger partial charge in [0.1, 0.15) is 11.8 Å². The summed E-state index contributed by atoms with van der Waals surface area (Å²) >= 11 is 0. The number of hydrogen-bond acceptors (Lipinski definition) is 4. The Labute approximate surface area is 109 Å². The quantitative estimate of drug-likeness (QED) is 0.697. The zero-order chi connectivity index (χ0) is 13.1. The fraction of sp³-hybridized carbons (Fsp3) is 0. The summed E-state index contributed by atoms with van der Waals surface area (Å²) in [7, 11) is 0. The minimum atomic E-state index is 0.235. The Balaban J connectivity index is 1.94. The van der Waals surface area contributed by atoms with Crippen LogP contribution >= 0.6 is 0 Å². The van der Waals surface area contributed by atoms with Crippen LogP contribution < -0.4 is 4.74 Å². The van der Waals surface area contributed by atoms with Crippen LogP contribution in [0.2, 0.25) is 0 Å². The summed E-state index contributed by atoms with van der Waals surface area (Å²) < 4.78 is 5.60. The van der Waals surface area contributed by atoms with Crippen molar-refractivity contribution >= 4 is 10.8 Å². The van der Waals surface area contributed by atoms with E-state index in [2.05, 4.69) is 9.97 Å². The first kappa shape index (κ1) is 11.2. The van der Waals surface area contributed by atoms with Crippen LogP contribution in [0, 0.1) is 11.3 Å². The molecule has 0 atom stereocenters. The van der Waals surface area contributed by atoms with Crippen molar-refractivity contribution in [3.05, 3.63) is 60.6 Å². The highest BCUT2D eigenvalue weighted by Crippen LogP contribution is 2.24. The number of benzene rings is 2. The molecule has 19 heavy (non-hydrogen) atoms. The third-order valence-electron chi connectivity index (χ3n) is 2.67. The molecule has 0 aliphatic heterocycles. The Morgan fingerprint density at radius 2 is 1.84 bits per heavy atom. The number of ether oxygens (including phenoxy) is 1. The molecule has 3 aromatic rings. The van der Waals surface area contributed by atoms with E-state index in [1.54, 1.807) is 0 Å². The van der Waals surface area contributed by atoms with Crippen LogP contribution in [0.15, 0.2) is 54.9 Å². The van der Waals surface area contributed by atoms with Gasteiger partial charge in [0.2, 0.25) is 5.88 Å². The summed E-state index contributed by atoms with van der Waals surface area (Å²) in [6.45, 7) is 0. The first-order valence-corrected chi connectivity index (χ1v) is 5.74. The van der Waals surface area contributed by atoms with Gasteiger partial charge in [-0.2, -0.15) is 10.2 Å². The fourth-order valence-electron chi connectivity index (χ4n) is 1.80. The van der Waals surface area contributed by atoms with Gasteiger partial charge in [0.15, 0.2) is 5.69 Å². The highest BCUT2D eigenvalue weighted by molar-refractivity contribution is 5.83. The lowest BCUT2D eigenvalue weighted by molar-refractivity contribution is 0.460. The Hall–Kier alpha value is -2.93. The molecule has 0 aliphatic rings. The monoisotopic (exact) mass is 247 g/mol. The van der Waals surface area contributed by atoms with Gasteiger partial charge in [-0.1, -0.05) is 30.3 Å². The molecule has 0 unspecified atom stereocenters. The van der Waals surface area contributed by atoms with Crippen molar-refractivity contribution in [1.29, 1.82) is 5.26 Å². The second-order valence-corrected chi connectivity index (χ2v) is 3.97. The molecule has 0 aliphatic carbocycles. The highest BCUT2D eigenvalue weighted by Gasteiger charge is 2.02. The molecule has 0 N–H and O–H groups in total. The van der Waals surface area contributed by atoms with Crippen molar-refractivity contribution < 1.29 is 4.74 Å². The Kier molecular flexibility index (Phi) is 2.79. The zero-order valence-electron chi connectivity index (χ0n) is 9.95. The first-order valence-electron chi connectivity index (χ1n) is 5.74. The van der Waals surface area contributed by atoms with Gasteiger partial charge in [-0.15, -0.1) is 0 Å². The Morgan fingerprint density at radius 3 is 2.68 bits per heavy atom. The normalized spacial score (nSPS) is 10.1. The third kappa shape index (κ3) is 2.35. The summed E-state index contributed by atoms with van der Waals surface area (Å²) in [5.41, 5.74) is 0.235. The molecule has 0 saturated carbocycles. The molecule has 0 fully saturated rings. The topological polar surface area (TPSA) is 58.8 Å². The molecular weight excluding hydrogens is 238 g/mol. The molecular formula is C15H9N3O. The van der Waals surface area contributed by atoms with E-state index >= 15 is 0 Å². The van der Waals surface area contributed by atoms with Crippen LogP contribution in [-0.2, 0) is 0 Å². The largest absolute Gasteiger partial charge is 0.437 e. The molecule has 2 aromatic carbocycles. The zero-order valence-corrected chi connectivity index (χ0v) is 9.95. The van der Waals surface area contributed by atoms with E-state index in [-0.39, 0.29) is 5.69 Å². The second-order valence-electron chi connectivity index (χ2n) is 3.97. The average molecular weight is 247 g/mol. The van der Waals surface area contributed by atoms with Gasteiger partial charge in [0.25, 0.3) is 0 Å². The summed E-state index contributed by atoms with van der Waals surface area (Å²) in [6.07, 6.45) is 2.88. The molecule has 0 spiro atoms. The van der Waals surface area contributed by atoms with Crippen LogP contribution in [-0.4, -0.2) is 9.97 Å². The predicted molar refractivity (Wildman–Crippen MR) is 70.8 cm³/mol. The van der Waals surface area contributed by atoms with Crippen LogP contribution in [0.4, 0.5) is 0 Å². The van der Waals surface area contributed by atoms with E-state index in [1.807, 2.05) is 48.5 Å². The van der Waals surface area contributed by atoms with E-state index in [0.29, 0.717) is 11.6 Å². The van der Waals surface area contributed by atoms with Gasteiger partial charge in [-0.3, -0.25) is 4.98 Å². The second kappa shape index (κ2) is 4.75. The van der Waals surface area contributed by atoms with Gasteiger partial charge in [-0.25, -0.2) is 0 Å². The standard InChI is InChI=1S/C15H9N3O/c16-8-13-9-17-10-15(18-13)19-14-6-5-11-3-1-2-4-12(11)7-14/h1-7,9-10H. The van der Waals surface area contributed by atoms with E-state index in [0.717, 1.165) is 10.8 Å². The minimum Gasteiger partial charge on any atom is -0.437 e. The van der Waals surface area contributed by atoms with Crippen molar-refractivity contribution in [2.75, 3.05) is 0 Å². The van der Waals surface area contributed by atoms with Gasteiger partial charge >= 0.3 is 0 Å². The van der Waals surface area contributed by atoms with Crippen LogP contribution in [0.1, 0.15) is 5.69 Å². The first-order chi connectivity index (χ1) is 9.35. The maximum Gasteiger partial charge on any atom is 0.239 e. The number of nitriles is 1. The van der Waals surface area contributed by atoms with Gasteiger partial charge in [-0.05, 0) is 22.9 Å². The number of aromatic nitrogens is 2. The molecule has 1 aromatic heterocycles. The van der Waals surface area contributed by atoms with Gasteiger partial charge in [0, 0.05) is 0 Å². The van der Waals surface area contributed by atoms with Gasteiger partial charge < -0.3 is 4.74 Å². The molecule has 0 bridgehead atoms. The third-order valence-corrected chi connectivity index (χ3v) is 2.67. The Morgan fingerprint density at radius 1 is 1.00 bits per heavy atom. The number of rotatable bonds is 2. The lowest BCUT2D eigenvalue weighted by Crippen LogP contribution is -1.91. The van der Waals surface area contributed by atoms with Crippen LogP contribution in [0.25, 0.3) is 10.8 Å². The van der Waals surface area contributed by atoms with E-state index in [1.165, 1.54) is 12.4 Å². The van der Waals surface area contributed by atoms with E-state index in [4.69, 9.17) is 10.00 Å². The van der Waals surface area contributed by atoms with Gasteiger partial charge in [0.05, 0.1) is 12.4 Å². The van der Waals surface area contributed by atoms with Crippen molar-refractivity contribution in [3.63, 3.8) is 0 Å². The van der Waals surface area contributed by atoms with Crippen molar-refractivity contribution in [1.82, 2.24) is 9.97 Å². The lowest BCUT2D eigenvalue weighted by atomic mass is 10.1. The molecule has 0 radical (unpaired) electrons. The Bertz CT molecular complexity index is 777. The fourth-order valence-corrected chi connectivity index (χ4v) is 1.80. The molecule has 0 saturated heterocycles. The maximum absolute atomic E-state index is 8.76. The lowest BCUT2D eigenvalue weighted by Gasteiger charge is -2.05. The summed E-state index contributed by atoms with van der Waals surface area (Å²) in [5.74, 6) is 0.984. The van der Waals surface area contributed by atoms with E-state index < -0.39 is 0 Å². The van der Waals surface area contributed by atoms with Crippen molar-refractivity contribution in [2.45, 2.75) is 0 Å². The molecule has 4 nitrogen and oxygen atoms in total. The molecule has 3 rings (SSSR count). The summed E-state index contributed by atoms with van der Waals surface area (Å²) in [6, 6.07) is 15.7. The minimum absolute atomic E-state index is 0.235.